The SMILES string of the molecule is C/C=C/Cn1c(=O)c2c(nc3n2CC(C)=NN3Cc2ccccc2)n(C)c1=O. The Labute approximate surface area is 161 Å². The monoisotopic (exact) mass is 378 g/mol. The fraction of sp³-hybridized carbons (Fsp3) is 0.300. The first-order valence-corrected chi connectivity index (χ1v) is 9.18. The van der Waals surface area contributed by atoms with E-state index in [9.17, 15) is 9.59 Å². The zero-order valence-corrected chi connectivity index (χ0v) is 16.2. The summed E-state index contributed by atoms with van der Waals surface area (Å²) >= 11 is 0. The second kappa shape index (κ2) is 6.95. The molecule has 3 aromatic rings. The van der Waals surface area contributed by atoms with Crippen molar-refractivity contribution < 1.29 is 0 Å². The van der Waals surface area contributed by atoms with E-state index in [1.807, 2.05) is 54.8 Å². The summed E-state index contributed by atoms with van der Waals surface area (Å²) in [6.45, 7) is 5.01. The van der Waals surface area contributed by atoms with E-state index >= 15 is 0 Å². The third-order valence-corrected chi connectivity index (χ3v) is 4.82. The van der Waals surface area contributed by atoms with Gasteiger partial charge in [-0.15, -0.1) is 0 Å². The van der Waals surface area contributed by atoms with E-state index in [0.717, 1.165) is 11.3 Å². The zero-order valence-electron chi connectivity index (χ0n) is 16.2. The summed E-state index contributed by atoms with van der Waals surface area (Å²) in [5, 5.41) is 6.41. The second-order valence-electron chi connectivity index (χ2n) is 6.88. The van der Waals surface area contributed by atoms with E-state index in [-0.39, 0.29) is 17.8 Å². The van der Waals surface area contributed by atoms with Crippen LogP contribution in [0, 0.1) is 0 Å². The van der Waals surface area contributed by atoms with Crippen LogP contribution < -0.4 is 16.3 Å². The predicted molar refractivity (Wildman–Crippen MR) is 110 cm³/mol. The quantitative estimate of drug-likeness (QED) is 0.650. The molecule has 0 amide bonds. The number of allylic oxidation sites excluding steroid dienone is 2. The summed E-state index contributed by atoms with van der Waals surface area (Å²) < 4.78 is 4.52. The number of fused-ring (bicyclic) bond motifs is 3. The van der Waals surface area contributed by atoms with Crippen LogP contribution in [0.3, 0.4) is 0 Å². The fourth-order valence-corrected chi connectivity index (χ4v) is 3.45. The molecule has 0 aliphatic carbocycles. The Hall–Kier alpha value is -3.42. The average molecular weight is 378 g/mol. The summed E-state index contributed by atoms with van der Waals surface area (Å²) in [7, 11) is 1.64. The lowest BCUT2D eigenvalue weighted by Crippen LogP contribution is -2.39. The first-order valence-electron chi connectivity index (χ1n) is 9.18. The normalized spacial score (nSPS) is 14.0. The molecule has 0 bridgehead atoms. The molecule has 0 fully saturated rings. The lowest BCUT2D eigenvalue weighted by atomic mass is 10.2. The minimum Gasteiger partial charge on any atom is -0.297 e. The van der Waals surface area contributed by atoms with E-state index in [1.165, 1.54) is 9.13 Å². The number of hydrogen-bond donors (Lipinski definition) is 0. The topological polar surface area (TPSA) is 77.4 Å². The van der Waals surface area contributed by atoms with E-state index in [4.69, 9.17) is 0 Å². The number of anilines is 1. The molecule has 144 valence electrons. The molecule has 3 heterocycles. The summed E-state index contributed by atoms with van der Waals surface area (Å²) in [5.41, 5.74) is 2.05. The number of hydrazone groups is 1. The molecule has 0 N–H and O–H groups in total. The third kappa shape index (κ3) is 2.87. The van der Waals surface area contributed by atoms with Crippen LogP contribution in [-0.2, 0) is 26.7 Å². The molecule has 1 aliphatic heterocycles. The Bertz CT molecular complexity index is 1210. The van der Waals surface area contributed by atoms with Crippen molar-refractivity contribution in [3.8, 4) is 0 Å². The van der Waals surface area contributed by atoms with Crippen molar-refractivity contribution in [3.05, 3.63) is 68.9 Å². The highest BCUT2D eigenvalue weighted by molar-refractivity contribution is 5.87. The molecule has 2 aromatic heterocycles. The van der Waals surface area contributed by atoms with E-state index in [1.54, 1.807) is 18.1 Å². The Morgan fingerprint density at radius 2 is 1.93 bits per heavy atom. The van der Waals surface area contributed by atoms with Gasteiger partial charge in [-0.1, -0.05) is 42.5 Å². The molecule has 28 heavy (non-hydrogen) atoms. The Morgan fingerprint density at radius 3 is 2.64 bits per heavy atom. The van der Waals surface area contributed by atoms with Gasteiger partial charge >= 0.3 is 5.69 Å². The van der Waals surface area contributed by atoms with Crippen LogP contribution in [0.5, 0.6) is 0 Å². The van der Waals surface area contributed by atoms with Crippen molar-refractivity contribution in [1.82, 2.24) is 18.7 Å². The highest BCUT2D eigenvalue weighted by atomic mass is 16.2. The molecular weight excluding hydrogens is 356 g/mol. The maximum atomic E-state index is 13.1. The van der Waals surface area contributed by atoms with Crippen LogP contribution in [0.25, 0.3) is 11.2 Å². The van der Waals surface area contributed by atoms with Gasteiger partial charge in [0.2, 0.25) is 5.95 Å². The number of imidazole rings is 1. The van der Waals surface area contributed by atoms with E-state index < -0.39 is 0 Å². The van der Waals surface area contributed by atoms with Crippen LogP contribution in [-0.4, -0.2) is 24.4 Å². The third-order valence-electron chi connectivity index (χ3n) is 4.82. The van der Waals surface area contributed by atoms with Crippen molar-refractivity contribution in [2.45, 2.75) is 33.5 Å². The maximum absolute atomic E-state index is 13.1. The number of aromatic nitrogens is 4. The van der Waals surface area contributed by atoms with Crippen molar-refractivity contribution in [2.24, 2.45) is 12.1 Å². The van der Waals surface area contributed by atoms with Gasteiger partial charge in [-0.2, -0.15) is 10.1 Å². The van der Waals surface area contributed by atoms with E-state index in [0.29, 0.717) is 30.2 Å². The molecule has 0 atom stereocenters. The van der Waals surface area contributed by atoms with Crippen molar-refractivity contribution in [3.63, 3.8) is 0 Å². The van der Waals surface area contributed by atoms with Crippen LogP contribution >= 0.6 is 0 Å². The first kappa shape index (κ1) is 18.0. The number of rotatable bonds is 4. The van der Waals surface area contributed by atoms with Gasteiger partial charge in [0, 0.05) is 13.6 Å². The number of aryl methyl sites for hydroxylation is 1. The summed E-state index contributed by atoms with van der Waals surface area (Å²) in [6.07, 6.45) is 3.61. The summed E-state index contributed by atoms with van der Waals surface area (Å²) in [6, 6.07) is 9.95. The van der Waals surface area contributed by atoms with Gasteiger partial charge in [0.05, 0.1) is 18.8 Å². The number of nitrogens with zero attached hydrogens (tertiary/aromatic N) is 6. The van der Waals surface area contributed by atoms with Crippen LogP contribution in [0.1, 0.15) is 19.4 Å². The van der Waals surface area contributed by atoms with E-state index in [2.05, 4.69) is 10.1 Å². The maximum Gasteiger partial charge on any atom is 0.332 e. The lowest BCUT2D eigenvalue weighted by molar-refractivity contribution is 0.662. The first-order chi connectivity index (χ1) is 13.5. The minimum atomic E-state index is -0.377. The Kier molecular flexibility index (Phi) is 4.46. The largest absolute Gasteiger partial charge is 0.332 e. The Balaban J connectivity index is 1.92. The van der Waals surface area contributed by atoms with Crippen molar-refractivity contribution >= 4 is 22.8 Å². The molecule has 8 nitrogen and oxygen atoms in total. The van der Waals surface area contributed by atoms with Crippen LogP contribution in [0.4, 0.5) is 5.95 Å². The van der Waals surface area contributed by atoms with Gasteiger partial charge in [0.25, 0.3) is 5.56 Å². The molecule has 0 radical (unpaired) electrons. The van der Waals surface area contributed by atoms with Gasteiger partial charge in [-0.05, 0) is 19.4 Å². The zero-order chi connectivity index (χ0) is 19.8. The Morgan fingerprint density at radius 1 is 1.18 bits per heavy atom. The van der Waals surface area contributed by atoms with Gasteiger partial charge in [0.1, 0.15) is 0 Å². The summed E-state index contributed by atoms with van der Waals surface area (Å²) in [5.74, 6) is 0.570. The molecule has 0 saturated heterocycles. The lowest BCUT2D eigenvalue weighted by Gasteiger charge is -2.24. The summed E-state index contributed by atoms with van der Waals surface area (Å²) in [4.78, 5) is 30.4. The van der Waals surface area contributed by atoms with Crippen LogP contribution in [0.2, 0.25) is 0 Å². The number of benzene rings is 1. The van der Waals surface area contributed by atoms with Crippen molar-refractivity contribution in [2.75, 3.05) is 5.01 Å². The molecule has 4 rings (SSSR count). The molecule has 0 saturated carbocycles. The van der Waals surface area contributed by atoms with Gasteiger partial charge < -0.3 is 0 Å². The molecule has 1 aliphatic rings. The average Bonchev–Trinajstić information content (AvgIpc) is 3.07. The fourth-order valence-electron chi connectivity index (χ4n) is 3.45. The van der Waals surface area contributed by atoms with Crippen molar-refractivity contribution in [1.29, 1.82) is 0 Å². The molecular formula is C20H22N6O2. The van der Waals surface area contributed by atoms with Gasteiger partial charge in [-0.3, -0.25) is 18.5 Å². The highest BCUT2D eigenvalue weighted by Crippen LogP contribution is 2.25. The minimum absolute atomic E-state index is 0.235. The standard InChI is InChI=1S/C20H22N6O2/c1-4-5-11-24-18(27)16-17(23(3)20(24)28)21-19-25(16)12-14(2)22-26(19)13-15-9-7-6-8-10-15/h4-10H,11-13H2,1-3H3/b5-4+. The smallest absolute Gasteiger partial charge is 0.297 e. The van der Waals surface area contributed by atoms with Crippen LogP contribution in [0.15, 0.2) is 57.2 Å². The van der Waals surface area contributed by atoms with Gasteiger partial charge in [-0.25, -0.2) is 9.80 Å². The number of hydrogen-bond acceptors (Lipinski definition) is 5. The molecule has 0 spiro atoms. The predicted octanol–water partition coefficient (Wildman–Crippen LogP) is 1.87. The highest BCUT2D eigenvalue weighted by Gasteiger charge is 2.26. The molecule has 1 aromatic carbocycles. The molecule has 8 heteroatoms. The van der Waals surface area contributed by atoms with Gasteiger partial charge in [0.15, 0.2) is 11.2 Å². The second-order valence-corrected chi connectivity index (χ2v) is 6.88. The molecule has 0 unspecified atom stereocenters.